The molecular weight excluding hydrogens is 346 g/mol. The molecule has 0 spiro atoms. The van der Waals surface area contributed by atoms with Crippen LogP contribution in [-0.4, -0.2) is 62.9 Å². The van der Waals surface area contributed by atoms with Gasteiger partial charge in [0.15, 0.2) is 0 Å². The van der Waals surface area contributed by atoms with Crippen LogP contribution < -0.4 is 5.32 Å². The number of likely N-dealkylation sites (tertiary alicyclic amines) is 1. The number of aromatic nitrogens is 2. The van der Waals surface area contributed by atoms with Crippen molar-refractivity contribution in [1.82, 2.24) is 24.7 Å². The second-order valence-corrected chi connectivity index (χ2v) is 6.88. The SMILES string of the molecule is O=C(c1ccc(Cn2ccnc2)cc1)N1CCC(N2C(=O)CNC2=O)CC1. The molecule has 2 saturated heterocycles. The van der Waals surface area contributed by atoms with Crippen LogP contribution in [0, 0.1) is 0 Å². The molecule has 1 N–H and O–H groups in total. The molecule has 140 valence electrons. The van der Waals surface area contributed by atoms with Crippen LogP contribution in [0.5, 0.6) is 0 Å². The smallest absolute Gasteiger partial charge is 0.324 e. The molecule has 0 saturated carbocycles. The summed E-state index contributed by atoms with van der Waals surface area (Å²) in [5.74, 6) is -0.196. The number of hydrogen-bond donors (Lipinski definition) is 1. The van der Waals surface area contributed by atoms with Crippen molar-refractivity contribution in [2.24, 2.45) is 0 Å². The van der Waals surface area contributed by atoms with Gasteiger partial charge in [0.05, 0.1) is 12.9 Å². The lowest BCUT2D eigenvalue weighted by Gasteiger charge is -2.35. The minimum absolute atomic E-state index is 0.0140. The third-order valence-electron chi connectivity index (χ3n) is 5.12. The molecule has 1 aromatic heterocycles. The summed E-state index contributed by atoms with van der Waals surface area (Å²) in [5.41, 5.74) is 1.75. The van der Waals surface area contributed by atoms with Crippen LogP contribution in [0.25, 0.3) is 0 Å². The van der Waals surface area contributed by atoms with Crippen LogP contribution in [0.1, 0.15) is 28.8 Å². The van der Waals surface area contributed by atoms with Crippen molar-refractivity contribution in [3.63, 3.8) is 0 Å². The minimum atomic E-state index is -0.321. The van der Waals surface area contributed by atoms with Crippen molar-refractivity contribution in [2.45, 2.75) is 25.4 Å². The van der Waals surface area contributed by atoms with Crippen molar-refractivity contribution < 1.29 is 14.4 Å². The van der Waals surface area contributed by atoms with E-state index in [4.69, 9.17) is 0 Å². The number of urea groups is 1. The number of hydrogen-bond acceptors (Lipinski definition) is 4. The summed E-state index contributed by atoms with van der Waals surface area (Å²) >= 11 is 0. The Bertz CT molecular complexity index is 823. The zero-order chi connectivity index (χ0) is 18.8. The van der Waals surface area contributed by atoms with Crippen molar-refractivity contribution in [2.75, 3.05) is 19.6 Å². The molecule has 4 amide bonds. The van der Waals surface area contributed by atoms with Crippen LogP contribution in [0.4, 0.5) is 4.79 Å². The van der Waals surface area contributed by atoms with E-state index in [1.807, 2.05) is 35.0 Å². The number of piperidine rings is 1. The molecule has 4 rings (SSSR count). The lowest BCUT2D eigenvalue weighted by atomic mass is 10.0. The largest absolute Gasteiger partial charge is 0.338 e. The fourth-order valence-corrected chi connectivity index (χ4v) is 3.66. The van der Waals surface area contributed by atoms with Gasteiger partial charge in [-0.25, -0.2) is 9.78 Å². The number of nitrogens with one attached hydrogen (secondary N) is 1. The first-order valence-corrected chi connectivity index (χ1v) is 9.05. The molecule has 8 heteroatoms. The molecule has 2 aromatic rings. The van der Waals surface area contributed by atoms with E-state index < -0.39 is 0 Å². The summed E-state index contributed by atoms with van der Waals surface area (Å²) in [6.07, 6.45) is 6.62. The molecule has 3 heterocycles. The number of benzene rings is 1. The molecule has 1 aromatic carbocycles. The monoisotopic (exact) mass is 367 g/mol. The molecular formula is C19H21N5O3. The first kappa shape index (κ1) is 17.3. The number of imidazole rings is 1. The number of carbonyl (C=O) groups excluding carboxylic acids is 3. The summed E-state index contributed by atoms with van der Waals surface area (Å²) < 4.78 is 1.97. The van der Waals surface area contributed by atoms with E-state index in [-0.39, 0.29) is 30.4 Å². The maximum absolute atomic E-state index is 12.7. The molecule has 0 bridgehead atoms. The lowest BCUT2D eigenvalue weighted by molar-refractivity contribution is -0.127. The van der Waals surface area contributed by atoms with E-state index in [0.29, 0.717) is 38.0 Å². The zero-order valence-corrected chi connectivity index (χ0v) is 14.9. The Morgan fingerprint density at radius 3 is 2.48 bits per heavy atom. The fourth-order valence-electron chi connectivity index (χ4n) is 3.66. The van der Waals surface area contributed by atoms with Gasteiger partial charge in [0.25, 0.3) is 5.91 Å². The van der Waals surface area contributed by atoms with Gasteiger partial charge in [-0.2, -0.15) is 0 Å². The summed E-state index contributed by atoms with van der Waals surface area (Å²) in [6, 6.07) is 7.15. The predicted octanol–water partition coefficient (Wildman–Crippen LogP) is 1.09. The van der Waals surface area contributed by atoms with Crippen LogP contribution in [0.15, 0.2) is 43.0 Å². The second kappa shape index (κ2) is 7.22. The fraction of sp³-hybridized carbons (Fsp3) is 0.368. The zero-order valence-electron chi connectivity index (χ0n) is 14.9. The molecule has 0 aliphatic carbocycles. The third kappa shape index (κ3) is 3.55. The highest BCUT2D eigenvalue weighted by Crippen LogP contribution is 2.20. The number of rotatable bonds is 4. The van der Waals surface area contributed by atoms with Crippen molar-refractivity contribution in [3.8, 4) is 0 Å². The van der Waals surface area contributed by atoms with Gasteiger partial charge in [-0.1, -0.05) is 12.1 Å². The Kier molecular flexibility index (Phi) is 4.62. The quantitative estimate of drug-likeness (QED) is 0.820. The summed E-state index contributed by atoms with van der Waals surface area (Å²) in [5, 5.41) is 2.55. The van der Waals surface area contributed by atoms with Gasteiger partial charge in [0.2, 0.25) is 5.91 Å². The van der Waals surface area contributed by atoms with E-state index in [0.717, 1.165) is 5.56 Å². The molecule has 0 atom stereocenters. The maximum Gasteiger partial charge on any atom is 0.324 e. The van der Waals surface area contributed by atoms with Gasteiger partial charge in [0.1, 0.15) is 0 Å². The van der Waals surface area contributed by atoms with E-state index >= 15 is 0 Å². The van der Waals surface area contributed by atoms with Crippen LogP contribution in [0.3, 0.4) is 0 Å². The molecule has 2 fully saturated rings. The molecule has 0 unspecified atom stereocenters. The Morgan fingerprint density at radius 1 is 1.15 bits per heavy atom. The molecule has 27 heavy (non-hydrogen) atoms. The first-order valence-electron chi connectivity index (χ1n) is 9.05. The normalized spacial score (nSPS) is 18.1. The Morgan fingerprint density at radius 2 is 1.89 bits per heavy atom. The van der Waals surface area contributed by atoms with Crippen LogP contribution >= 0.6 is 0 Å². The average Bonchev–Trinajstić information content (AvgIpc) is 3.32. The molecule has 8 nitrogen and oxygen atoms in total. The number of carbonyl (C=O) groups is 3. The lowest BCUT2D eigenvalue weighted by Crippen LogP contribution is -2.49. The van der Waals surface area contributed by atoms with E-state index in [9.17, 15) is 14.4 Å². The van der Waals surface area contributed by atoms with Crippen molar-refractivity contribution >= 4 is 17.8 Å². The maximum atomic E-state index is 12.7. The summed E-state index contributed by atoms with van der Waals surface area (Å²) in [4.78, 5) is 43.5. The first-order chi connectivity index (χ1) is 13.1. The highest BCUT2D eigenvalue weighted by atomic mass is 16.2. The Hall–Kier alpha value is -3.16. The molecule has 0 radical (unpaired) electrons. The van der Waals surface area contributed by atoms with Crippen molar-refractivity contribution in [1.29, 1.82) is 0 Å². The second-order valence-electron chi connectivity index (χ2n) is 6.88. The summed E-state index contributed by atoms with van der Waals surface area (Å²) in [7, 11) is 0. The predicted molar refractivity (Wildman–Crippen MR) is 96.9 cm³/mol. The average molecular weight is 367 g/mol. The molecule has 2 aliphatic rings. The van der Waals surface area contributed by atoms with E-state index in [1.165, 1.54) is 4.90 Å². The van der Waals surface area contributed by atoms with E-state index in [1.54, 1.807) is 17.4 Å². The van der Waals surface area contributed by atoms with Crippen LogP contribution in [-0.2, 0) is 11.3 Å². The number of nitrogens with zero attached hydrogens (tertiary/aromatic N) is 4. The van der Waals surface area contributed by atoms with Crippen LogP contribution in [0.2, 0.25) is 0 Å². The molecule has 2 aliphatic heterocycles. The standard InChI is InChI=1S/C19H21N5O3/c25-17-11-21-19(27)24(17)16-5-8-23(9-6-16)18(26)15-3-1-14(2-4-15)12-22-10-7-20-13-22/h1-4,7,10,13,16H,5-6,8-9,11-12H2,(H,21,27). The van der Waals surface area contributed by atoms with Gasteiger partial charge in [-0.15, -0.1) is 0 Å². The third-order valence-corrected chi connectivity index (χ3v) is 5.12. The highest BCUT2D eigenvalue weighted by molar-refractivity contribution is 6.02. The van der Waals surface area contributed by atoms with Gasteiger partial charge < -0.3 is 14.8 Å². The van der Waals surface area contributed by atoms with Gasteiger partial charge in [0, 0.05) is 43.6 Å². The van der Waals surface area contributed by atoms with Gasteiger partial charge >= 0.3 is 6.03 Å². The van der Waals surface area contributed by atoms with Gasteiger partial charge in [-0.3, -0.25) is 14.5 Å². The highest BCUT2D eigenvalue weighted by Gasteiger charge is 2.37. The minimum Gasteiger partial charge on any atom is -0.338 e. The number of imide groups is 1. The Labute approximate surface area is 156 Å². The summed E-state index contributed by atoms with van der Waals surface area (Å²) in [6.45, 7) is 1.86. The number of amides is 4. The topological polar surface area (TPSA) is 87.5 Å². The Balaban J connectivity index is 1.35. The van der Waals surface area contributed by atoms with Crippen molar-refractivity contribution in [3.05, 3.63) is 54.1 Å². The van der Waals surface area contributed by atoms with Gasteiger partial charge in [-0.05, 0) is 30.5 Å². The van der Waals surface area contributed by atoms with E-state index in [2.05, 4.69) is 10.3 Å².